The number of likely N-dealkylation sites (N-methyl/N-ethyl adjacent to an activating group) is 1. The van der Waals surface area contributed by atoms with Crippen LogP contribution in [0.3, 0.4) is 0 Å². The zero-order valence-electron chi connectivity index (χ0n) is 19.8. The minimum Gasteiger partial charge on any atom is -0.373 e. The third kappa shape index (κ3) is 2.74. The average molecular weight is 454 g/mol. The van der Waals surface area contributed by atoms with E-state index in [1.54, 1.807) is 43.4 Å². The number of benzene rings is 3. The van der Waals surface area contributed by atoms with E-state index in [4.69, 9.17) is 0 Å². The highest BCUT2D eigenvalue weighted by atomic mass is 16.3. The van der Waals surface area contributed by atoms with Gasteiger partial charge in [0.25, 0.3) is 0 Å². The second-order valence-electron chi connectivity index (χ2n) is 10.3. The molecule has 0 aromatic heterocycles. The normalized spacial score (nSPS) is 21.1. The van der Waals surface area contributed by atoms with Crippen LogP contribution in [0.5, 0.6) is 0 Å². The number of hydrogen-bond donors (Lipinski definition) is 1. The standard InChI is InChI=1S/C29H27NO4/c1-27(2,3)19-15-13-18(14-16-19)17-28(22-11-7-8-12-23(22)30(4)26(28)33)29(34)24(31)20-9-5-6-10-21(20)25(29)32/h5-16,34H,17H2,1-4H3. The smallest absolute Gasteiger partial charge is 0.241 e. The first-order chi connectivity index (χ1) is 16.0. The zero-order valence-corrected chi connectivity index (χ0v) is 19.8. The fourth-order valence-electron chi connectivity index (χ4n) is 5.47. The Kier molecular flexibility index (Phi) is 4.72. The molecule has 1 aliphatic heterocycles. The molecule has 1 amide bonds. The molecule has 5 nitrogen and oxygen atoms in total. The summed E-state index contributed by atoms with van der Waals surface area (Å²) in [7, 11) is 1.62. The van der Waals surface area contributed by atoms with E-state index in [0.717, 1.165) is 11.1 Å². The Labute approximate surface area is 199 Å². The molecule has 3 aromatic rings. The van der Waals surface area contributed by atoms with Gasteiger partial charge in [-0.15, -0.1) is 0 Å². The molecule has 1 unspecified atom stereocenters. The van der Waals surface area contributed by atoms with Gasteiger partial charge in [0.15, 0.2) is 0 Å². The first-order valence-corrected chi connectivity index (χ1v) is 11.4. The highest BCUT2D eigenvalue weighted by Gasteiger charge is 2.71. The number of ketones is 2. The largest absolute Gasteiger partial charge is 0.373 e. The number of nitrogens with zero attached hydrogens (tertiary/aromatic N) is 1. The SMILES string of the molecule is CN1C(=O)C(Cc2ccc(C(C)(C)C)cc2)(C2(O)C(=O)c3ccccc3C2=O)c2ccccc21. The summed E-state index contributed by atoms with van der Waals surface area (Å²) in [6.45, 7) is 6.35. The average Bonchev–Trinajstić information content (AvgIpc) is 3.17. The van der Waals surface area contributed by atoms with E-state index in [9.17, 15) is 19.5 Å². The lowest BCUT2D eigenvalue weighted by atomic mass is 9.62. The Hall–Kier alpha value is -3.57. The Morgan fingerprint density at radius 1 is 0.794 bits per heavy atom. The lowest BCUT2D eigenvalue weighted by Crippen LogP contribution is -2.64. The predicted octanol–water partition coefficient (Wildman–Crippen LogP) is 4.25. The van der Waals surface area contributed by atoms with Gasteiger partial charge in [-0.2, -0.15) is 0 Å². The van der Waals surface area contributed by atoms with E-state index in [1.165, 1.54) is 17.0 Å². The molecule has 5 rings (SSSR count). The van der Waals surface area contributed by atoms with Crippen molar-refractivity contribution in [3.8, 4) is 0 Å². The lowest BCUT2D eigenvalue weighted by Gasteiger charge is -2.39. The van der Waals surface area contributed by atoms with Crippen LogP contribution in [0.15, 0.2) is 72.8 Å². The van der Waals surface area contributed by atoms with Gasteiger partial charge in [0.05, 0.1) is 0 Å². The van der Waals surface area contributed by atoms with Gasteiger partial charge in [-0.1, -0.05) is 87.5 Å². The molecule has 1 N–H and O–H groups in total. The van der Waals surface area contributed by atoms with Crippen LogP contribution in [0.1, 0.15) is 58.2 Å². The van der Waals surface area contributed by atoms with Crippen LogP contribution in [-0.2, 0) is 22.0 Å². The summed E-state index contributed by atoms with van der Waals surface area (Å²) in [5, 5.41) is 12.1. The summed E-state index contributed by atoms with van der Waals surface area (Å²) < 4.78 is 0. The molecule has 0 saturated heterocycles. The molecule has 0 bridgehead atoms. The number of anilines is 1. The molecule has 1 aliphatic carbocycles. The van der Waals surface area contributed by atoms with E-state index in [1.807, 2.05) is 24.3 Å². The van der Waals surface area contributed by atoms with Crippen LogP contribution in [0.2, 0.25) is 0 Å². The summed E-state index contributed by atoms with van der Waals surface area (Å²) in [5.74, 6) is -1.92. The number of rotatable bonds is 3. The van der Waals surface area contributed by atoms with Gasteiger partial charge < -0.3 is 10.0 Å². The number of amides is 1. The molecule has 1 heterocycles. The molecule has 0 saturated carbocycles. The quantitative estimate of drug-likeness (QED) is 0.602. The van der Waals surface area contributed by atoms with E-state index in [2.05, 4.69) is 20.8 Å². The van der Waals surface area contributed by atoms with Crippen LogP contribution in [0, 0.1) is 0 Å². The first-order valence-electron chi connectivity index (χ1n) is 11.4. The van der Waals surface area contributed by atoms with Crippen molar-refractivity contribution in [2.75, 3.05) is 11.9 Å². The van der Waals surface area contributed by atoms with Crippen LogP contribution >= 0.6 is 0 Å². The van der Waals surface area contributed by atoms with Gasteiger partial charge in [-0.25, -0.2) is 0 Å². The zero-order chi connectivity index (χ0) is 24.5. The van der Waals surface area contributed by atoms with Gasteiger partial charge in [0.2, 0.25) is 23.1 Å². The summed E-state index contributed by atoms with van der Waals surface area (Å²) in [5.41, 5.74) is -1.12. The third-order valence-corrected chi connectivity index (χ3v) is 7.38. The van der Waals surface area contributed by atoms with Crippen LogP contribution in [0.25, 0.3) is 0 Å². The van der Waals surface area contributed by atoms with Crippen molar-refractivity contribution in [3.05, 3.63) is 101 Å². The second kappa shape index (κ2) is 7.21. The summed E-state index contributed by atoms with van der Waals surface area (Å²) in [4.78, 5) is 42.9. The predicted molar refractivity (Wildman–Crippen MR) is 130 cm³/mol. The van der Waals surface area contributed by atoms with Crippen LogP contribution in [0.4, 0.5) is 5.69 Å². The molecule has 0 spiro atoms. The second-order valence-corrected chi connectivity index (χ2v) is 10.3. The van der Waals surface area contributed by atoms with Crippen molar-refractivity contribution in [2.45, 2.75) is 43.6 Å². The highest BCUT2D eigenvalue weighted by Crippen LogP contribution is 2.53. The number of aliphatic hydroxyl groups is 1. The molecule has 34 heavy (non-hydrogen) atoms. The summed E-state index contributed by atoms with van der Waals surface area (Å²) in [6.07, 6.45) is 0.0135. The van der Waals surface area contributed by atoms with Gasteiger partial charge in [-0.05, 0) is 34.6 Å². The maximum absolute atomic E-state index is 14.0. The summed E-state index contributed by atoms with van der Waals surface area (Å²) in [6, 6.07) is 21.3. The number of hydrogen-bond acceptors (Lipinski definition) is 4. The summed E-state index contributed by atoms with van der Waals surface area (Å²) >= 11 is 0. The Morgan fingerprint density at radius 2 is 1.32 bits per heavy atom. The molecule has 3 aromatic carbocycles. The monoisotopic (exact) mass is 453 g/mol. The van der Waals surface area contributed by atoms with Gasteiger partial charge in [0.1, 0.15) is 5.41 Å². The maximum Gasteiger partial charge on any atom is 0.241 e. The highest BCUT2D eigenvalue weighted by molar-refractivity contribution is 6.36. The number of carbonyl (C=O) groups excluding carboxylic acids is 3. The lowest BCUT2D eigenvalue weighted by molar-refractivity contribution is -0.128. The van der Waals surface area contributed by atoms with Crippen molar-refractivity contribution >= 4 is 23.2 Å². The molecule has 0 fully saturated rings. The van der Waals surface area contributed by atoms with Gasteiger partial charge >= 0.3 is 0 Å². The Bertz CT molecular complexity index is 1310. The number of Topliss-reactive ketones (excluding diaryl/α,β-unsaturated/α-hetero) is 2. The van der Waals surface area contributed by atoms with Crippen molar-refractivity contribution in [2.24, 2.45) is 0 Å². The molecular weight excluding hydrogens is 426 g/mol. The Morgan fingerprint density at radius 3 is 1.88 bits per heavy atom. The Balaban J connectivity index is 1.75. The maximum atomic E-state index is 14.0. The van der Waals surface area contributed by atoms with Gasteiger partial charge in [-0.3, -0.25) is 14.4 Å². The number of para-hydroxylation sites is 1. The van der Waals surface area contributed by atoms with E-state index in [0.29, 0.717) is 11.3 Å². The molecule has 0 radical (unpaired) electrons. The molecule has 1 atom stereocenters. The van der Waals surface area contributed by atoms with Crippen molar-refractivity contribution < 1.29 is 19.5 Å². The topological polar surface area (TPSA) is 74.7 Å². The number of fused-ring (bicyclic) bond motifs is 2. The number of carbonyl (C=O) groups is 3. The molecule has 172 valence electrons. The van der Waals surface area contributed by atoms with Crippen molar-refractivity contribution in [1.82, 2.24) is 0 Å². The third-order valence-electron chi connectivity index (χ3n) is 7.38. The fourth-order valence-corrected chi connectivity index (χ4v) is 5.47. The van der Waals surface area contributed by atoms with Gasteiger partial charge in [0, 0.05) is 23.9 Å². The molecule has 2 aliphatic rings. The molecule has 5 heteroatoms. The fraction of sp³-hybridized carbons (Fsp3) is 0.276. The van der Waals surface area contributed by atoms with Crippen molar-refractivity contribution in [1.29, 1.82) is 0 Å². The van der Waals surface area contributed by atoms with Crippen LogP contribution in [-0.4, -0.2) is 35.2 Å². The first kappa shape index (κ1) is 22.2. The minimum absolute atomic E-state index is 0.0135. The van der Waals surface area contributed by atoms with Crippen molar-refractivity contribution in [3.63, 3.8) is 0 Å². The minimum atomic E-state index is -2.54. The van der Waals surface area contributed by atoms with E-state index < -0.39 is 28.5 Å². The van der Waals surface area contributed by atoms with Crippen LogP contribution < -0.4 is 4.90 Å². The molecular formula is C29H27NO4. The van der Waals surface area contributed by atoms with E-state index >= 15 is 0 Å². The van der Waals surface area contributed by atoms with E-state index in [-0.39, 0.29) is 23.0 Å².